The highest BCUT2D eigenvalue weighted by atomic mass is 16.6. The summed E-state index contributed by atoms with van der Waals surface area (Å²) in [7, 11) is 0. The lowest BCUT2D eigenvalue weighted by atomic mass is 9.89. The van der Waals surface area contributed by atoms with Crippen LogP contribution in [0.4, 0.5) is 0 Å². The van der Waals surface area contributed by atoms with Crippen molar-refractivity contribution in [2.75, 3.05) is 6.54 Å². The van der Waals surface area contributed by atoms with E-state index in [-0.39, 0.29) is 17.9 Å². The Hall–Kier alpha value is -1.35. The summed E-state index contributed by atoms with van der Waals surface area (Å²) in [6.45, 7) is 9.54. The molecule has 3 nitrogen and oxygen atoms in total. The van der Waals surface area contributed by atoms with Crippen LogP contribution in [0.15, 0.2) is 30.3 Å². The van der Waals surface area contributed by atoms with Gasteiger partial charge >= 0.3 is 5.97 Å². The smallest absolute Gasteiger partial charge is 0.312 e. The van der Waals surface area contributed by atoms with Crippen LogP contribution in [0, 0.1) is 5.92 Å². The first-order chi connectivity index (χ1) is 8.87. The van der Waals surface area contributed by atoms with E-state index in [2.05, 4.69) is 24.0 Å². The van der Waals surface area contributed by atoms with E-state index in [4.69, 9.17) is 4.74 Å². The zero-order valence-corrected chi connectivity index (χ0v) is 12.2. The Labute approximate surface area is 115 Å². The maximum absolute atomic E-state index is 12.0. The molecule has 1 heterocycles. The highest BCUT2D eigenvalue weighted by Crippen LogP contribution is 2.28. The van der Waals surface area contributed by atoms with Crippen molar-refractivity contribution < 1.29 is 9.53 Å². The van der Waals surface area contributed by atoms with Gasteiger partial charge in [0.25, 0.3) is 0 Å². The molecule has 2 atom stereocenters. The third-order valence-corrected chi connectivity index (χ3v) is 3.53. The largest absolute Gasteiger partial charge is 0.460 e. The fourth-order valence-electron chi connectivity index (χ4n) is 2.36. The van der Waals surface area contributed by atoms with Crippen LogP contribution in [-0.2, 0) is 16.1 Å². The summed E-state index contributed by atoms with van der Waals surface area (Å²) in [6.07, 6.45) is 0. The first-order valence-electron chi connectivity index (χ1n) is 6.87. The number of carbonyl (C=O) groups is 1. The molecule has 1 saturated heterocycles. The second kappa shape index (κ2) is 5.33. The van der Waals surface area contributed by atoms with Crippen molar-refractivity contribution in [2.24, 2.45) is 5.92 Å². The molecule has 1 fully saturated rings. The average Bonchev–Trinajstić information content (AvgIpc) is 2.32. The monoisotopic (exact) mass is 261 g/mol. The third-order valence-electron chi connectivity index (χ3n) is 3.53. The highest BCUT2D eigenvalue weighted by Gasteiger charge is 2.42. The van der Waals surface area contributed by atoms with Crippen LogP contribution in [0.2, 0.25) is 0 Å². The summed E-state index contributed by atoms with van der Waals surface area (Å²) >= 11 is 0. The number of ether oxygens (including phenoxy) is 1. The van der Waals surface area contributed by atoms with Crippen LogP contribution in [0.3, 0.4) is 0 Å². The number of hydrogen-bond donors (Lipinski definition) is 0. The predicted molar refractivity (Wildman–Crippen MR) is 75.6 cm³/mol. The Morgan fingerprint density at radius 1 is 1.32 bits per heavy atom. The summed E-state index contributed by atoms with van der Waals surface area (Å²) in [5, 5.41) is 0. The van der Waals surface area contributed by atoms with Gasteiger partial charge in [0.2, 0.25) is 0 Å². The minimum atomic E-state index is -0.392. The summed E-state index contributed by atoms with van der Waals surface area (Å²) in [6, 6.07) is 10.6. The van der Waals surface area contributed by atoms with Gasteiger partial charge in [0, 0.05) is 19.1 Å². The number of benzene rings is 1. The van der Waals surface area contributed by atoms with E-state index in [1.165, 1.54) is 5.56 Å². The van der Waals surface area contributed by atoms with Crippen molar-refractivity contribution in [3.63, 3.8) is 0 Å². The number of likely N-dealkylation sites (tertiary alicyclic amines) is 1. The number of hydrogen-bond acceptors (Lipinski definition) is 3. The molecule has 1 aliphatic rings. The molecule has 2 rings (SSSR count). The molecule has 0 N–H and O–H groups in total. The lowest BCUT2D eigenvalue weighted by Crippen LogP contribution is -2.58. The zero-order chi connectivity index (χ0) is 14.0. The Morgan fingerprint density at radius 2 is 1.95 bits per heavy atom. The highest BCUT2D eigenvalue weighted by molar-refractivity contribution is 5.75. The Kier molecular flexibility index (Phi) is 3.95. The molecular formula is C16H23NO2. The second-order valence-corrected chi connectivity index (χ2v) is 6.30. The van der Waals surface area contributed by atoms with Crippen LogP contribution in [0.5, 0.6) is 0 Å². The first-order valence-corrected chi connectivity index (χ1v) is 6.87. The van der Waals surface area contributed by atoms with Gasteiger partial charge in [0.1, 0.15) is 5.60 Å². The van der Waals surface area contributed by atoms with Crippen LogP contribution < -0.4 is 0 Å². The van der Waals surface area contributed by atoms with E-state index < -0.39 is 5.60 Å². The lowest BCUT2D eigenvalue weighted by molar-refractivity contribution is -0.170. The topological polar surface area (TPSA) is 29.5 Å². The normalized spacial score (nSPS) is 23.8. The molecule has 19 heavy (non-hydrogen) atoms. The van der Waals surface area contributed by atoms with Crippen LogP contribution in [-0.4, -0.2) is 29.1 Å². The molecule has 0 spiro atoms. The van der Waals surface area contributed by atoms with E-state index >= 15 is 0 Å². The summed E-state index contributed by atoms with van der Waals surface area (Å²) < 4.78 is 5.44. The molecule has 0 saturated carbocycles. The van der Waals surface area contributed by atoms with Crippen molar-refractivity contribution >= 4 is 5.97 Å². The van der Waals surface area contributed by atoms with Gasteiger partial charge < -0.3 is 4.74 Å². The summed E-state index contributed by atoms with van der Waals surface area (Å²) in [4.78, 5) is 14.3. The molecule has 0 bridgehead atoms. The van der Waals surface area contributed by atoms with Crippen molar-refractivity contribution in [1.29, 1.82) is 0 Å². The summed E-state index contributed by atoms with van der Waals surface area (Å²) in [5.41, 5.74) is 0.897. The molecule has 0 aromatic heterocycles. The van der Waals surface area contributed by atoms with E-state index in [0.717, 1.165) is 13.1 Å². The van der Waals surface area contributed by atoms with E-state index in [0.29, 0.717) is 0 Å². The maximum Gasteiger partial charge on any atom is 0.312 e. The van der Waals surface area contributed by atoms with E-state index in [1.807, 2.05) is 39.0 Å². The van der Waals surface area contributed by atoms with Crippen molar-refractivity contribution in [3.05, 3.63) is 35.9 Å². The van der Waals surface area contributed by atoms with Crippen LogP contribution >= 0.6 is 0 Å². The third kappa shape index (κ3) is 3.57. The molecule has 0 radical (unpaired) electrons. The van der Waals surface area contributed by atoms with Crippen molar-refractivity contribution in [3.8, 4) is 0 Å². The van der Waals surface area contributed by atoms with Crippen LogP contribution in [0.25, 0.3) is 0 Å². The maximum atomic E-state index is 12.0. The minimum absolute atomic E-state index is 0.0166. The molecular weight excluding hydrogens is 238 g/mol. The van der Waals surface area contributed by atoms with Crippen molar-refractivity contribution in [2.45, 2.75) is 45.9 Å². The van der Waals surface area contributed by atoms with Gasteiger partial charge in [-0.25, -0.2) is 0 Å². The Balaban J connectivity index is 1.86. The van der Waals surface area contributed by atoms with Gasteiger partial charge in [0.05, 0.1) is 5.92 Å². The quantitative estimate of drug-likeness (QED) is 0.784. The number of esters is 1. The molecule has 0 aliphatic carbocycles. The van der Waals surface area contributed by atoms with Crippen LogP contribution in [0.1, 0.15) is 33.3 Å². The number of nitrogens with zero attached hydrogens (tertiary/aromatic N) is 1. The van der Waals surface area contributed by atoms with Gasteiger partial charge in [-0.1, -0.05) is 30.3 Å². The van der Waals surface area contributed by atoms with Gasteiger partial charge in [0.15, 0.2) is 0 Å². The molecule has 1 aliphatic heterocycles. The van der Waals surface area contributed by atoms with E-state index in [9.17, 15) is 4.79 Å². The molecule has 1 aromatic carbocycles. The number of rotatable bonds is 3. The van der Waals surface area contributed by atoms with Gasteiger partial charge in [-0.3, -0.25) is 9.69 Å². The Morgan fingerprint density at radius 3 is 2.47 bits per heavy atom. The van der Waals surface area contributed by atoms with Gasteiger partial charge in [-0.2, -0.15) is 0 Å². The molecule has 104 valence electrons. The molecule has 3 heteroatoms. The fourth-order valence-corrected chi connectivity index (χ4v) is 2.36. The fraction of sp³-hybridized carbons (Fsp3) is 0.562. The molecule has 0 amide bonds. The van der Waals surface area contributed by atoms with Crippen molar-refractivity contribution in [1.82, 2.24) is 4.90 Å². The number of carbonyl (C=O) groups excluding carboxylic acids is 1. The average molecular weight is 261 g/mol. The zero-order valence-electron chi connectivity index (χ0n) is 12.2. The van der Waals surface area contributed by atoms with Gasteiger partial charge in [-0.05, 0) is 33.3 Å². The standard InChI is InChI=1S/C16H23NO2/c1-12-14(15(18)19-16(2,3)4)11-17(12)10-13-8-6-5-7-9-13/h5-9,12,14H,10-11H2,1-4H3/t12-,14-/m1/s1. The lowest BCUT2D eigenvalue weighted by Gasteiger charge is -2.45. The summed E-state index contributed by atoms with van der Waals surface area (Å²) in [5.74, 6) is -0.0488. The SMILES string of the molecule is C[C@@H]1[C@H](C(=O)OC(C)(C)C)CN1Cc1ccccc1. The molecule has 0 unspecified atom stereocenters. The molecule has 1 aromatic rings. The van der Waals surface area contributed by atoms with Gasteiger partial charge in [-0.15, -0.1) is 0 Å². The Bertz CT molecular complexity index is 436. The second-order valence-electron chi connectivity index (χ2n) is 6.30. The first kappa shape index (κ1) is 14.1. The predicted octanol–water partition coefficient (Wildman–Crippen LogP) is 2.85. The minimum Gasteiger partial charge on any atom is -0.460 e. The van der Waals surface area contributed by atoms with E-state index in [1.54, 1.807) is 0 Å².